The monoisotopic (exact) mass is 1270 g/mol. The molecule has 0 heterocycles. The van der Waals surface area contributed by atoms with Gasteiger partial charge in [0, 0.05) is 19.3 Å². The molecule has 0 aliphatic carbocycles. The molecule has 0 aliphatic heterocycles. The van der Waals surface area contributed by atoms with Crippen LogP contribution in [0.3, 0.4) is 0 Å². The van der Waals surface area contributed by atoms with Gasteiger partial charge in [0.05, 0.1) is 26.4 Å². The lowest BCUT2D eigenvalue weighted by molar-refractivity contribution is -0.161. The second-order valence-electron chi connectivity index (χ2n) is 22.2. The molecule has 0 aliphatic rings. The number of hydrogen-bond donors (Lipinski definition) is 4. The lowest BCUT2D eigenvalue weighted by Gasteiger charge is -2.21. The summed E-state index contributed by atoms with van der Waals surface area (Å²) in [6, 6.07) is 0. The van der Waals surface area contributed by atoms with Gasteiger partial charge >= 0.3 is 33.6 Å². The summed E-state index contributed by atoms with van der Waals surface area (Å²) >= 11 is 0. The molecule has 0 amide bonds. The third-order valence-electron chi connectivity index (χ3n) is 13.8. The molecule has 0 spiro atoms. The molecule has 5 unspecified atom stereocenters. The zero-order chi connectivity index (χ0) is 63.8. The van der Waals surface area contributed by atoms with Crippen molar-refractivity contribution < 1.29 is 75.8 Å². The van der Waals surface area contributed by atoms with Crippen molar-refractivity contribution in [1.82, 2.24) is 0 Å². The van der Waals surface area contributed by atoms with Crippen molar-refractivity contribution in [2.45, 2.75) is 283 Å². The number of ether oxygens (including phenoxy) is 3. The van der Waals surface area contributed by atoms with Crippen molar-refractivity contribution in [3.05, 3.63) is 97.2 Å². The molecule has 502 valence electrons. The van der Waals surface area contributed by atoms with Gasteiger partial charge in [-0.05, 0) is 122 Å². The Morgan fingerprint density at radius 2 is 0.609 bits per heavy atom. The van der Waals surface area contributed by atoms with E-state index in [-0.39, 0.29) is 19.3 Å². The molecule has 5 atom stereocenters. The minimum absolute atomic E-state index is 0.0896. The van der Waals surface area contributed by atoms with Gasteiger partial charge in [-0.2, -0.15) is 0 Å². The van der Waals surface area contributed by atoms with Crippen LogP contribution in [0.5, 0.6) is 0 Å². The molecular weight excluding hydrogens is 1150 g/mol. The van der Waals surface area contributed by atoms with E-state index in [1.165, 1.54) is 64.2 Å². The maximum Gasteiger partial charge on any atom is 0.472 e. The van der Waals surface area contributed by atoms with E-state index < -0.39 is 91.5 Å². The molecule has 18 heteroatoms. The van der Waals surface area contributed by atoms with Gasteiger partial charge in [-0.1, -0.05) is 221 Å². The maximum atomic E-state index is 12.9. The van der Waals surface area contributed by atoms with Gasteiger partial charge in [0.1, 0.15) is 25.4 Å². The summed E-state index contributed by atoms with van der Waals surface area (Å²) in [4.78, 5) is 58.3. The summed E-state index contributed by atoms with van der Waals surface area (Å²) < 4.78 is 60.8. The Bertz CT molecular complexity index is 1980. The van der Waals surface area contributed by atoms with Crippen molar-refractivity contribution in [3.63, 3.8) is 0 Å². The smallest absolute Gasteiger partial charge is 0.463 e. The van der Waals surface area contributed by atoms with Gasteiger partial charge in [0.25, 0.3) is 0 Å². The number of carbonyl (C=O) groups is 3. The molecular formula is C69H120O16P2. The highest BCUT2D eigenvalue weighted by molar-refractivity contribution is 7.47. The fourth-order valence-electron chi connectivity index (χ4n) is 8.62. The average Bonchev–Trinajstić information content (AvgIpc) is 3.68. The quantitative estimate of drug-likeness (QED) is 0.0146. The van der Waals surface area contributed by atoms with Gasteiger partial charge in [0.15, 0.2) is 6.10 Å². The molecule has 0 aromatic carbocycles. The Morgan fingerprint density at radius 3 is 1.00 bits per heavy atom. The van der Waals surface area contributed by atoms with Gasteiger partial charge < -0.3 is 34.2 Å². The predicted molar refractivity (Wildman–Crippen MR) is 353 cm³/mol. The van der Waals surface area contributed by atoms with Gasteiger partial charge in [-0.15, -0.1) is 0 Å². The van der Waals surface area contributed by atoms with E-state index in [1.54, 1.807) is 0 Å². The van der Waals surface area contributed by atoms with Gasteiger partial charge in [-0.3, -0.25) is 32.5 Å². The van der Waals surface area contributed by atoms with Crippen LogP contribution in [0.15, 0.2) is 97.2 Å². The van der Waals surface area contributed by atoms with Crippen LogP contribution in [0.2, 0.25) is 0 Å². The number of rotatable bonds is 63. The van der Waals surface area contributed by atoms with Crippen LogP contribution < -0.4 is 0 Å². The summed E-state index contributed by atoms with van der Waals surface area (Å²) in [6.45, 7) is 2.47. The molecule has 0 bridgehead atoms. The van der Waals surface area contributed by atoms with Crippen LogP contribution in [-0.2, 0) is 55.8 Å². The van der Waals surface area contributed by atoms with Crippen molar-refractivity contribution in [3.8, 4) is 0 Å². The lowest BCUT2D eigenvalue weighted by atomic mass is 10.1. The summed E-state index contributed by atoms with van der Waals surface area (Å²) in [5.74, 6) is -1.62. The highest BCUT2D eigenvalue weighted by Gasteiger charge is 2.29. The Morgan fingerprint density at radius 1 is 0.333 bits per heavy atom. The van der Waals surface area contributed by atoms with Crippen LogP contribution in [0.4, 0.5) is 0 Å². The molecule has 0 saturated carbocycles. The first-order chi connectivity index (χ1) is 42.2. The Labute approximate surface area is 527 Å². The number of allylic oxidation sites excluding steroid dienone is 16. The minimum Gasteiger partial charge on any atom is -0.463 e. The molecule has 4 N–H and O–H groups in total. The number of hydrogen-bond acceptors (Lipinski definition) is 14. The highest BCUT2D eigenvalue weighted by Crippen LogP contribution is 2.45. The lowest BCUT2D eigenvalue weighted by Crippen LogP contribution is -2.30. The fourth-order valence-corrected chi connectivity index (χ4v) is 10.2. The van der Waals surface area contributed by atoms with Gasteiger partial charge in [-0.25, -0.2) is 9.13 Å². The topological polar surface area (TPSA) is 231 Å². The molecule has 87 heavy (non-hydrogen) atoms. The number of aliphatic hydroxyl groups excluding tert-OH is 2. The molecule has 0 aromatic heterocycles. The third kappa shape index (κ3) is 63.8. The number of carbonyl (C=O) groups excluding carboxylic acids is 3. The summed E-state index contributed by atoms with van der Waals surface area (Å²) in [5, 5.41) is 20.5. The van der Waals surface area contributed by atoms with E-state index in [0.29, 0.717) is 19.3 Å². The Balaban J connectivity index is 4.67. The maximum absolute atomic E-state index is 12.9. The summed E-state index contributed by atoms with van der Waals surface area (Å²) in [5.41, 5.74) is 0. The zero-order valence-corrected chi connectivity index (χ0v) is 56.0. The van der Waals surface area contributed by atoms with Crippen molar-refractivity contribution >= 4 is 33.6 Å². The van der Waals surface area contributed by atoms with E-state index in [1.807, 2.05) is 0 Å². The normalized spacial score (nSPS) is 14.9. The van der Waals surface area contributed by atoms with E-state index in [0.717, 1.165) is 141 Å². The minimum atomic E-state index is -4.93. The van der Waals surface area contributed by atoms with Crippen LogP contribution in [-0.4, -0.2) is 95.9 Å². The zero-order valence-electron chi connectivity index (χ0n) is 54.2. The fraction of sp³-hybridized carbons (Fsp3) is 0.725. The first kappa shape index (κ1) is 83.5. The highest BCUT2D eigenvalue weighted by atomic mass is 31.2. The van der Waals surface area contributed by atoms with Gasteiger partial charge in [0.2, 0.25) is 0 Å². The molecule has 0 radical (unpaired) electrons. The average molecular weight is 1270 g/mol. The molecule has 0 rings (SSSR count). The van der Waals surface area contributed by atoms with E-state index in [9.17, 15) is 43.5 Å². The number of aliphatic hydroxyl groups is 2. The summed E-state index contributed by atoms with van der Waals surface area (Å²) in [6.07, 6.45) is 67.4. The van der Waals surface area contributed by atoms with Crippen molar-refractivity contribution in [1.29, 1.82) is 0 Å². The Hall–Kier alpha value is -3.53. The predicted octanol–water partition coefficient (Wildman–Crippen LogP) is 18.3. The SMILES string of the molecule is CC/C=C\C/C=C\C/C=C\CCCCCCCC(=O)OCC(COP(=O)(O)OCC(O)COP(=O)(O)OCC(O)COC(=O)CCCCCCC/C=C\C/C=C\C/C=C\C/C=C\CCCCC)OC(=O)CCCCCCC/C=C\CCCCCCCC. The second-order valence-corrected chi connectivity index (χ2v) is 25.1. The van der Waals surface area contributed by atoms with E-state index in [2.05, 4.69) is 118 Å². The number of phosphoric acid groups is 2. The van der Waals surface area contributed by atoms with Crippen LogP contribution >= 0.6 is 15.6 Å². The van der Waals surface area contributed by atoms with Crippen molar-refractivity contribution in [2.24, 2.45) is 0 Å². The first-order valence-corrected chi connectivity index (χ1v) is 36.5. The molecule has 0 saturated heterocycles. The Kier molecular flexibility index (Phi) is 60.1. The summed E-state index contributed by atoms with van der Waals surface area (Å²) in [7, 11) is -9.78. The number of esters is 3. The van der Waals surface area contributed by atoms with E-state index >= 15 is 0 Å². The first-order valence-electron chi connectivity index (χ1n) is 33.5. The van der Waals surface area contributed by atoms with Crippen LogP contribution in [0.1, 0.15) is 265 Å². The van der Waals surface area contributed by atoms with E-state index in [4.69, 9.17) is 32.3 Å². The third-order valence-corrected chi connectivity index (χ3v) is 15.7. The van der Waals surface area contributed by atoms with Crippen molar-refractivity contribution in [2.75, 3.05) is 39.6 Å². The number of unbranched alkanes of at least 4 members (excludes halogenated alkanes) is 24. The standard InChI is InChI=1S/C69H120O16P2/c1-4-7-10-13-16-19-22-25-28-29-30-31-32-33-36-38-40-43-46-49-52-55-67(72)79-58-64(70)59-81-86(75,76)82-60-65(71)61-83-87(77,78)84-63-66(85-69(74)57-54-51-48-45-42-39-35-27-24-21-18-15-12-9-6-3)62-80-68(73)56-53-50-47-44-41-37-34-26-23-20-17-14-11-8-5-2/h8,11,16-17,19-20,25-28,30-31,33-36,64-66,70-71H,4-7,9-10,12-15,18,21-24,29,32,37-63H2,1-3H3,(H,75,76)(H,77,78)/b11-8-,19-16-,20-17-,28-25-,31-30-,34-26-,35-27-,36-33-. The van der Waals surface area contributed by atoms with Crippen LogP contribution in [0.25, 0.3) is 0 Å². The molecule has 16 nitrogen and oxygen atoms in total. The second kappa shape index (κ2) is 62.7. The number of phosphoric ester groups is 2. The molecule has 0 fully saturated rings. The van der Waals surface area contributed by atoms with Crippen LogP contribution in [0, 0.1) is 0 Å². The molecule has 0 aromatic rings. The largest absolute Gasteiger partial charge is 0.472 e.